The van der Waals surface area contributed by atoms with E-state index in [1.54, 1.807) is 0 Å². The third kappa shape index (κ3) is 3.82. The molecule has 2 atom stereocenters. The second-order valence-corrected chi connectivity index (χ2v) is 4.32. The lowest BCUT2D eigenvalue weighted by Gasteiger charge is -2.25. The molecule has 0 aromatic carbocycles. The number of hydrogen-bond donors (Lipinski definition) is 4. The van der Waals surface area contributed by atoms with Crippen LogP contribution in [-0.4, -0.2) is 65.3 Å². The van der Waals surface area contributed by atoms with Gasteiger partial charge in [-0.2, -0.15) is 0 Å². The molecular weight excluding hydrogens is 254 g/mol. The summed E-state index contributed by atoms with van der Waals surface area (Å²) in [4.78, 5) is 35.8. The van der Waals surface area contributed by atoms with Gasteiger partial charge >= 0.3 is 12.0 Å². The van der Waals surface area contributed by atoms with Crippen molar-refractivity contribution in [2.45, 2.75) is 31.3 Å². The van der Waals surface area contributed by atoms with Crippen LogP contribution >= 0.6 is 0 Å². The first-order valence-electron chi connectivity index (χ1n) is 6.13. The number of carboxylic acid groups (broad SMARTS) is 1. The number of aliphatic hydroxyl groups excluding tert-OH is 1. The molecule has 0 spiro atoms. The molecule has 1 aliphatic heterocycles. The van der Waals surface area contributed by atoms with E-state index in [2.05, 4.69) is 10.6 Å². The number of amides is 3. The first-order valence-corrected chi connectivity index (χ1v) is 6.13. The third-order valence-electron chi connectivity index (χ3n) is 3.08. The fourth-order valence-corrected chi connectivity index (χ4v) is 2.07. The van der Waals surface area contributed by atoms with Gasteiger partial charge in [-0.3, -0.25) is 4.79 Å². The second kappa shape index (κ2) is 6.93. The summed E-state index contributed by atoms with van der Waals surface area (Å²) in [5.41, 5.74) is 0. The second-order valence-electron chi connectivity index (χ2n) is 4.32. The van der Waals surface area contributed by atoms with Crippen LogP contribution in [0.5, 0.6) is 0 Å². The van der Waals surface area contributed by atoms with Crippen LogP contribution in [0.4, 0.5) is 4.79 Å². The van der Waals surface area contributed by atoms with Gasteiger partial charge in [0.05, 0.1) is 0 Å². The minimum atomic E-state index is -1.21. The largest absolute Gasteiger partial charge is 0.480 e. The molecule has 8 heteroatoms. The van der Waals surface area contributed by atoms with Gasteiger partial charge in [-0.15, -0.1) is 0 Å². The molecule has 0 aromatic heterocycles. The lowest BCUT2D eigenvalue weighted by molar-refractivity contribution is -0.139. The molecule has 8 nitrogen and oxygen atoms in total. The monoisotopic (exact) mass is 273 g/mol. The Hall–Kier alpha value is -1.83. The number of aliphatic hydroxyl groups is 1. The summed E-state index contributed by atoms with van der Waals surface area (Å²) < 4.78 is 0. The zero-order valence-electron chi connectivity index (χ0n) is 10.8. The average molecular weight is 273 g/mol. The zero-order valence-corrected chi connectivity index (χ0v) is 10.8. The molecule has 3 amide bonds. The number of urea groups is 1. The Morgan fingerprint density at radius 3 is 2.63 bits per heavy atom. The first kappa shape index (κ1) is 15.2. The van der Waals surface area contributed by atoms with Gasteiger partial charge in [0.15, 0.2) is 0 Å². The van der Waals surface area contributed by atoms with Crippen molar-refractivity contribution < 1.29 is 24.6 Å². The number of carboxylic acids is 1. The standard InChI is InChI=1S/C11H19N3O5/c1-12-9(16)8-3-2-5-14(8)11(19)13-7(4-6-15)10(17)18/h7-8,15H,2-6H2,1H3,(H,12,16)(H,13,19)(H,17,18)/t7-,8?/m1/s1. The van der Waals surface area contributed by atoms with Crippen molar-refractivity contribution in [3.8, 4) is 0 Å². The van der Waals surface area contributed by atoms with Gasteiger partial charge in [0.2, 0.25) is 5.91 Å². The Morgan fingerprint density at radius 2 is 2.11 bits per heavy atom. The molecule has 1 unspecified atom stereocenters. The van der Waals surface area contributed by atoms with Gasteiger partial charge in [-0.05, 0) is 12.8 Å². The number of aliphatic carboxylic acids is 1. The van der Waals surface area contributed by atoms with Gasteiger partial charge in [0.1, 0.15) is 12.1 Å². The number of hydrogen-bond acceptors (Lipinski definition) is 4. The van der Waals surface area contributed by atoms with E-state index in [-0.39, 0.29) is 18.9 Å². The predicted octanol–water partition coefficient (Wildman–Crippen LogP) is -1.26. The Morgan fingerprint density at radius 1 is 1.42 bits per heavy atom. The van der Waals surface area contributed by atoms with Gasteiger partial charge < -0.3 is 25.7 Å². The molecule has 1 fully saturated rings. The summed E-state index contributed by atoms with van der Waals surface area (Å²) in [6.45, 7) is 0.0749. The molecule has 1 saturated heterocycles. The van der Waals surface area contributed by atoms with Crippen molar-refractivity contribution in [2.75, 3.05) is 20.2 Å². The van der Waals surface area contributed by atoms with Crippen LogP contribution in [0.25, 0.3) is 0 Å². The Balaban J connectivity index is 2.65. The number of likely N-dealkylation sites (tertiary alicyclic amines) is 1. The first-order chi connectivity index (χ1) is 9.01. The van der Waals surface area contributed by atoms with Gasteiger partial charge in [-0.1, -0.05) is 0 Å². The minimum absolute atomic E-state index is 0.0699. The number of nitrogens with one attached hydrogen (secondary N) is 2. The molecular formula is C11H19N3O5. The van der Waals surface area contributed by atoms with Crippen molar-refractivity contribution in [3.63, 3.8) is 0 Å². The Kier molecular flexibility index (Phi) is 5.56. The van der Waals surface area contributed by atoms with Crippen molar-refractivity contribution in [1.29, 1.82) is 0 Å². The van der Waals surface area contributed by atoms with Crippen molar-refractivity contribution >= 4 is 17.9 Å². The molecule has 0 aliphatic carbocycles. The molecule has 19 heavy (non-hydrogen) atoms. The lowest BCUT2D eigenvalue weighted by atomic mass is 10.2. The van der Waals surface area contributed by atoms with Crippen molar-refractivity contribution in [3.05, 3.63) is 0 Å². The summed E-state index contributed by atoms with van der Waals surface area (Å²) in [5, 5.41) is 22.4. The van der Waals surface area contributed by atoms with Crippen LogP contribution in [0, 0.1) is 0 Å². The van der Waals surface area contributed by atoms with E-state index < -0.39 is 24.1 Å². The molecule has 0 bridgehead atoms. The molecule has 1 heterocycles. The minimum Gasteiger partial charge on any atom is -0.480 e. The SMILES string of the molecule is CNC(=O)C1CCCN1C(=O)N[C@H](CCO)C(=O)O. The van der Waals surface area contributed by atoms with E-state index in [0.717, 1.165) is 0 Å². The van der Waals surface area contributed by atoms with Gasteiger partial charge in [-0.25, -0.2) is 9.59 Å². The molecule has 1 aliphatic rings. The lowest BCUT2D eigenvalue weighted by Crippen LogP contribution is -2.52. The van der Waals surface area contributed by atoms with Crippen LogP contribution in [0.1, 0.15) is 19.3 Å². The average Bonchev–Trinajstić information content (AvgIpc) is 2.86. The Labute approximate surface area is 110 Å². The van der Waals surface area contributed by atoms with Crippen LogP contribution < -0.4 is 10.6 Å². The van der Waals surface area contributed by atoms with Crippen LogP contribution in [0.3, 0.4) is 0 Å². The molecule has 4 N–H and O–H groups in total. The van der Waals surface area contributed by atoms with Crippen LogP contribution in [-0.2, 0) is 9.59 Å². The van der Waals surface area contributed by atoms with E-state index >= 15 is 0 Å². The number of nitrogens with zero attached hydrogens (tertiary/aromatic N) is 1. The Bertz CT molecular complexity index is 360. The third-order valence-corrected chi connectivity index (χ3v) is 3.08. The molecule has 0 saturated carbocycles. The van der Waals surface area contributed by atoms with Crippen LogP contribution in [0.15, 0.2) is 0 Å². The summed E-state index contributed by atoms with van der Waals surface area (Å²) >= 11 is 0. The highest BCUT2D eigenvalue weighted by Gasteiger charge is 2.34. The molecule has 108 valence electrons. The quantitative estimate of drug-likeness (QED) is 0.498. The number of carbonyl (C=O) groups is 3. The predicted molar refractivity (Wildman–Crippen MR) is 65.5 cm³/mol. The summed E-state index contributed by atoms with van der Waals surface area (Å²) in [6, 6.07) is -2.30. The van der Waals surface area contributed by atoms with E-state index in [1.807, 2.05) is 0 Å². The van der Waals surface area contributed by atoms with Gasteiger partial charge in [0.25, 0.3) is 0 Å². The normalized spacial score (nSPS) is 19.9. The smallest absolute Gasteiger partial charge is 0.326 e. The van der Waals surface area contributed by atoms with E-state index in [0.29, 0.717) is 19.4 Å². The fourth-order valence-electron chi connectivity index (χ4n) is 2.07. The molecule has 1 rings (SSSR count). The van der Waals surface area contributed by atoms with Gasteiger partial charge in [0, 0.05) is 26.6 Å². The van der Waals surface area contributed by atoms with Crippen molar-refractivity contribution in [1.82, 2.24) is 15.5 Å². The highest BCUT2D eigenvalue weighted by Crippen LogP contribution is 2.17. The van der Waals surface area contributed by atoms with Crippen LogP contribution in [0.2, 0.25) is 0 Å². The summed E-state index contributed by atoms with van der Waals surface area (Å²) in [5.74, 6) is -1.47. The summed E-state index contributed by atoms with van der Waals surface area (Å²) in [6.07, 6.45) is 1.19. The number of rotatable bonds is 5. The van der Waals surface area contributed by atoms with Crippen molar-refractivity contribution in [2.24, 2.45) is 0 Å². The van der Waals surface area contributed by atoms with E-state index in [9.17, 15) is 14.4 Å². The maximum Gasteiger partial charge on any atom is 0.326 e. The highest BCUT2D eigenvalue weighted by molar-refractivity contribution is 5.89. The topological polar surface area (TPSA) is 119 Å². The maximum absolute atomic E-state index is 12.0. The molecule has 0 radical (unpaired) electrons. The number of carbonyl (C=O) groups excluding carboxylic acids is 2. The number of likely N-dealkylation sites (N-methyl/N-ethyl adjacent to an activating group) is 1. The van der Waals surface area contributed by atoms with E-state index in [1.165, 1.54) is 11.9 Å². The maximum atomic E-state index is 12.0. The summed E-state index contributed by atoms with van der Waals surface area (Å²) in [7, 11) is 1.49. The molecule has 0 aromatic rings. The fraction of sp³-hybridized carbons (Fsp3) is 0.727. The zero-order chi connectivity index (χ0) is 14.4. The van der Waals surface area contributed by atoms with E-state index in [4.69, 9.17) is 10.2 Å². The highest BCUT2D eigenvalue weighted by atomic mass is 16.4.